The van der Waals surface area contributed by atoms with Crippen LogP contribution in [0.5, 0.6) is 23.0 Å². The normalized spacial score (nSPS) is 10.2. The number of methoxy groups -OCH3 is 1. The van der Waals surface area contributed by atoms with Crippen LogP contribution in [0.15, 0.2) is 72.8 Å². The molecule has 0 aromatic heterocycles. The van der Waals surface area contributed by atoms with Crippen molar-refractivity contribution in [2.45, 2.75) is 0 Å². The number of benzene rings is 3. The summed E-state index contributed by atoms with van der Waals surface area (Å²) in [6, 6.07) is 21.9. The third kappa shape index (κ3) is 3.04. The summed E-state index contributed by atoms with van der Waals surface area (Å²) in [5.74, 6) is 2.25. The predicted molar refractivity (Wildman–Crippen MR) is 85.1 cm³/mol. The van der Waals surface area contributed by atoms with E-state index >= 15 is 0 Å². The van der Waals surface area contributed by atoms with E-state index in [9.17, 15) is 5.11 Å². The highest BCUT2D eigenvalue weighted by atomic mass is 16.5. The topological polar surface area (TPSA) is 38.4 Å². The fourth-order valence-electron chi connectivity index (χ4n) is 2.20. The van der Waals surface area contributed by atoms with Gasteiger partial charge in [0.15, 0.2) is 5.75 Å². The van der Waals surface area contributed by atoms with Crippen LogP contribution < -0.4 is 9.47 Å². The fourth-order valence-corrected chi connectivity index (χ4v) is 2.20. The molecule has 3 rings (SSSR count). The first-order valence-electron chi connectivity index (χ1n) is 6.94. The first-order chi connectivity index (χ1) is 10.8. The van der Waals surface area contributed by atoms with Crippen LogP contribution in [0.25, 0.3) is 11.1 Å². The van der Waals surface area contributed by atoms with E-state index in [0.29, 0.717) is 0 Å². The molecule has 3 aromatic rings. The highest BCUT2D eigenvalue weighted by Gasteiger charge is 2.07. The van der Waals surface area contributed by atoms with Crippen LogP contribution in [0.3, 0.4) is 0 Å². The van der Waals surface area contributed by atoms with Gasteiger partial charge in [0.25, 0.3) is 0 Å². The second-order valence-electron chi connectivity index (χ2n) is 4.80. The average Bonchev–Trinajstić information content (AvgIpc) is 2.57. The van der Waals surface area contributed by atoms with E-state index in [1.807, 2.05) is 48.5 Å². The molecule has 3 aromatic carbocycles. The summed E-state index contributed by atoms with van der Waals surface area (Å²) < 4.78 is 11.1. The van der Waals surface area contributed by atoms with E-state index in [2.05, 4.69) is 0 Å². The number of hydrogen-bond acceptors (Lipinski definition) is 2. The molecule has 0 unspecified atom stereocenters. The molecule has 0 heterocycles. The molecule has 0 fully saturated rings. The minimum atomic E-state index is -0.00250. The van der Waals surface area contributed by atoms with E-state index in [1.54, 1.807) is 31.4 Å². The lowest BCUT2D eigenvalue weighted by molar-refractivity contribution is 0.355. The monoisotopic (exact) mass is 291 g/mol. The quantitative estimate of drug-likeness (QED) is 0.654. The zero-order valence-electron chi connectivity index (χ0n) is 12.2. The third-order valence-corrected chi connectivity index (χ3v) is 3.34. The molecule has 3 nitrogen and oxygen atoms in total. The maximum atomic E-state index is 11.2. The highest BCUT2D eigenvalue weighted by molar-refractivity contribution is 5.71. The van der Waals surface area contributed by atoms with Gasteiger partial charge >= 0.3 is 0 Å². The predicted octanol–water partition coefficient (Wildman–Crippen LogP) is 5.30. The van der Waals surface area contributed by atoms with Crippen LogP contribution in [-0.4, -0.2) is 7.11 Å². The van der Waals surface area contributed by atoms with Crippen molar-refractivity contribution >= 4 is 0 Å². The van der Waals surface area contributed by atoms with E-state index in [1.165, 1.54) is 0 Å². The lowest BCUT2D eigenvalue weighted by Crippen LogP contribution is -1.88. The molecule has 0 N–H and O–H groups in total. The fraction of sp³-hybridized carbons (Fsp3) is 0.0526. The van der Waals surface area contributed by atoms with Gasteiger partial charge in [0, 0.05) is 5.56 Å². The van der Waals surface area contributed by atoms with Crippen molar-refractivity contribution in [1.29, 1.82) is 0 Å². The van der Waals surface area contributed by atoms with Gasteiger partial charge in [-0.05, 0) is 48.0 Å². The molecule has 0 amide bonds. The van der Waals surface area contributed by atoms with Crippen LogP contribution in [-0.2, 0) is 5.11 Å². The lowest BCUT2D eigenvalue weighted by atomic mass is 10.0. The average molecular weight is 291 g/mol. The Hall–Kier alpha value is -2.94. The number of rotatable bonds is 4. The first kappa shape index (κ1) is 14.0. The van der Waals surface area contributed by atoms with Crippen LogP contribution in [0.1, 0.15) is 0 Å². The molecular weight excluding hydrogens is 276 g/mol. The second kappa shape index (κ2) is 6.22. The van der Waals surface area contributed by atoms with Gasteiger partial charge in [0.05, 0.1) is 7.11 Å². The van der Waals surface area contributed by atoms with Crippen molar-refractivity contribution in [3.8, 4) is 34.1 Å². The van der Waals surface area contributed by atoms with Crippen molar-refractivity contribution in [2.24, 2.45) is 0 Å². The van der Waals surface area contributed by atoms with E-state index in [4.69, 9.17) is 9.47 Å². The molecule has 0 aliphatic heterocycles. The van der Waals surface area contributed by atoms with E-state index < -0.39 is 0 Å². The molecule has 109 valence electrons. The molecule has 3 heteroatoms. The molecule has 0 atom stereocenters. The Bertz CT molecular complexity index is 746. The molecule has 0 aliphatic rings. The second-order valence-corrected chi connectivity index (χ2v) is 4.80. The van der Waals surface area contributed by atoms with E-state index in [-0.39, 0.29) is 5.75 Å². The molecule has 0 aliphatic carbocycles. The van der Waals surface area contributed by atoms with Gasteiger partial charge in [-0.3, -0.25) is 5.11 Å². The highest BCUT2D eigenvalue weighted by Crippen LogP contribution is 2.34. The lowest BCUT2D eigenvalue weighted by Gasteiger charge is -2.11. The summed E-state index contributed by atoms with van der Waals surface area (Å²) in [7, 11) is 1.63. The van der Waals surface area contributed by atoms with E-state index in [0.717, 1.165) is 28.4 Å². The van der Waals surface area contributed by atoms with Crippen LogP contribution in [0, 0.1) is 0 Å². The zero-order chi connectivity index (χ0) is 15.4. The summed E-state index contributed by atoms with van der Waals surface area (Å²) in [6.07, 6.45) is 0. The number of ether oxygens (including phenoxy) is 2. The van der Waals surface area contributed by atoms with Crippen molar-refractivity contribution in [2.75, 3.05) is 7.11 Å². The Balaban J connectivity index is 1.92. The molecule has 0 saturated heterocycles. The summed E-state index contributed by atoms with van der Waals surface area (Å²) in [4.78, 5) is 0. The Morgan fingerprint density at radius 3 is 2.05 bits per heavy atom. The van der Waals surface area contributed by atoms with Gasteiger partial charge < -0.3 is 9.47 Å². The summed E-state index contributed by atoms with van der Waals surface area (Å²) in [6.45, 7) is 0. The van der Waals surface area contributed by atoms with Crippen molar-refractivity contribution in [3.63, 3.8) is 0 Å². The summed E-state index contributed by atoms with van der Waals surface area (Å²) in [5, 5.41) is 11.2. The molecule has 1 radical (unpaired) electrons. The Morgan fingerprint density at radius 1 is 0.727 bits per heavy atom. The maximum absolute atomic E-state index is 11.2. The first-order valence-corrected chi connectivity index (χ1v) is 6.94. The SMILES string of the molecule is COc1ccc(Oc2ccccc2-c2ccc([O])cc2)cc1. The third-order valence-electron chi connectivity index (χ3n) is 3.34. The van der Waals surface area contributed by atoms with Crippen LogP contribution >= 0.6 is 0 Å². The van der Waals surface area contributed by atoms with Crippen molar-refractivity contribution in [3.05, 3.63) is 72.8 Å². The van der Waals surface area contributed by atoms with Gasteiger partial charge in [-0.25, -0.2) is 0 Å². The minimum Gasteiger partial charge on any atom is -0.497 e. The van der Waals surface area contributed by atoms with Crippen molar-refractivity contribution in [1.82, 2.24) is 0 Å². The smallest absolute Gasteiger partial charge is 0.178 e. The Labute approximate surface area is 129 Å². The minimum absolute atomic E-state index is 0.00250. The number of para-hydroxylation sites is 1. The Kier molecular flexibility index (Phi) is 3.97. The van der Waals surface area contributed by atoms with Gasteiger partial charge in [-0.15, -0.1) is 0 Å². The van der Waals surface area contributed by atoms with Gasteiger partial charge in [-0.2, -0.15) is 0 Å². The molecular formula is C19H15O3. The number of hydrogen-bond donors (Lipinski definition) is 0. The van der Waals surface area contributed by atoms with Gasteiger partial charge in [0.1, 0.15) is 17.2 Å². The Morgan fingerprint density at radius 2 is 1.36 bits per heavy atom. The largest absolute Gasteiger partial charge is 0.497 e. The molecule has 0 bridgehead atoms. The molecule has 22 heavy (non-hydrogen) atoms. The molecule has 0 saturated carbocycles. The standard InChI is InChI=1S/C19H15O3/c1-21-16-10-12-17(13-11-16)22-19-5-3-2-4-18(19)14-6-8-15(20)9-7-14/h2-13H,1H3. The maximum Gasteiger partial charge on any atom is 0.178 e. The van der Waals surface area contributed by atoms with Gasteiger partial charge in [-0.1, -0.05) is 30.3 Å². The summed E-state index contributed by atoms with van der Waals surface area (Å²) in [5.41, 5.74) is 1.89. The summed E-state index contributed by atoms with van der Waals surface area (Å²) >= 11 is 0. The van der Waals surface area contributed by atoms with Crippen LogP contribution in [0.4, 0.5) is 0 Å². The zero-order valence-corrected chi connectivity index (χ0v) is 12.2. The van der Waals surface area contributed by atoms with Crippen molar-refractivity contribution < 1.29 is 14.6 Å². The molecule has 0 spiro atoms. The van der Waals surface area contributed by atoms with Gasteiger partial charge in [0.2, 0.25) is 0 Å². The van der Waals surface area contributed by atoms with Crippen LogP contribution in [0.2, 0.25) is 0 Å².